The maximum absolute atomic E-state index is 11.1. The second kappa shape index (κ2) is 5.36. The highest BCUT2D eigenvalue weighted by molar-refractivity contribution is 5.70. The molecule has 0 aromatic carbocycles. The van der Waals surface area contributed by atoms with Crippen molar-refractivity contribution in [2.75, 3.05) is 6.61 Å². The Hall–Kier alpha value is -1.30. The van der Waals surface area contributed by atoms with E-state index in [0.29, 0.717) is 13.0 Å². The molecule has 0 unspecified atom stereocenters. The Morgan fingerprint density at radius 1 is 1.62 bits per heavy atom. The molecule has 0 amide bonds. The molecule has 0 saturated heterocycles. The molecule has 0 aliphatic rings. The number of nitriles is 1. The standard InChI is InChI=1S/C10H15NO2/c1-4-13-9(12)8-10(2,3)6-5-7-11/h5-6H,4,8H2,1-3H3. The van der Waals surface area contributed by atoms with E-state index in [1.165, 1.54) is 6.08 Å². The molecule has 72 valence electrons. The minimum absolute atomic E-state index is 0.227. The van der Waals surface area contributed by atoms with E-state index >= 15 is 0 Å². The lowest BCUT2D eigenvalue weighted by Gasteiger charge is -2.17. The predicted octanol–water partition coefficient (Wildman–Crippen LogP) is 2.05. The smallest absolute Gasteiger partial charge is 0.306 e. The van der Waals surface area contributed by atoms with Gasteiger partial charge in [0.05, 0.1) is 19.1 Å². The Morgan fingerprint density at radius 3 is 2.69 bits per heavy atom. The lowest BCUT2D eigenvalue weighted by Crippen LogP contribution is -2.16. The molecule has 0 spiro atoms. The van der Waals surface area contributed by atoms with Gasteiger partial charge in [0.1, 0.15) is 0 Å². The van der Waals surface area contributed by atoms with Gasteiger partial charge in [-0.05, 0) is 12.3 Å². The van der Waals surface area contributed by atoms with Crippen LogP contribution < -0.4 is 0 Å². The summed E-state index contributed by atoms with van der Waals surface area (Å²) in [6.07, 6.45) is 3.40. The summed E-state index contributed by atoms with van der Waals surface area (Å²) in [5.41, 5.74) is -0.304. The summed E-state index contributed by atoms with van der Waals surface area (Å²) in [6.45, 7) is 5.95. The van der Waals surface area contributed by atoms with Gasteiger partial charge in [0.25, 0.3) is 0 Å². The summed E-state index contributed by atoms with van der Waals surface area (Å²) in [5, 5.41) is 8.31. The maximum atomic E-state index is 11.1. The van der Waals surface area contributed by atoms with Gasteiger partial charge in [-0.2, -0.15) is 5.26 Å². The average Bonchev–Trinajstić information content (AvgIpc) is 2.00. The third-order valence-corrected chi connectivity index (χ3v) is 1.51. The highest BCUT2D eigenvalue weighted by atomic mass is 16.5. The van der Waals surface area contributed by atoms with Crippen molar-refractivity contribution in [2.24, 2.45) is 5.41 Å². The zero-order chi connectivity index (χ0) is 10.3. The number of hydrogen-bond acceptors (Lipinski definition) is 3. The quantitative estimate of drug-likeness (QED) is 0.492. The van der Waals surface area contributed by atoms with E-state index in [1.807, 2.05) is 19.9 Å². The Morgan fingerprint density at radius 2 is 2.23 bits per heavy atom. The molecule has 3 nitrogen and oxygen atoms in total. The van der Waals surface area contributed by atoms with Crippen LogP contribution in [0.1, 0.15) is 27.2 Å². The molecule has 0 saturated carbocycles. The predicted molar refractivity (Wildman–Crippen MR) is 49.8 cm³/mol. The normalized spacial score (nSPS) is 11.2. The molecule has 0 atom stereocenters. The van der Waals surface area contributed by atoms with E-state index in [2.05, 4.69) is 0 Å². The second-order valence-electron chi connectivity index (χ2n) is 3.43. The molecule has 0 aromatic heterocycles. The van der Waals surface area contributed by atoms with Crippen molar-refractivity contribution in [1.29, 1.82) is 5.26 Å². The zero-order valence-electron chi connectivity index (χ0n) is 8.33. The van der Waals surface area contributed by atoms with Crippen LogP contribution in [0.5, 0.6) is 0 Å². The molecule has 0 rings (SSSR count). The molecular formula is C10H15NO2. The Balaban J connectivity index is 4.10. The Kier molecular flexibility index (Phi) is 4.83. The van der Waals surface area contributed by atoms with Gasteiger partial charge in [-0.15, -0.1) is 0 Å². The summed E-state index contributed by atoms with van der Waals surface area (Å²) in [4.78, 5) is 11.1. The first-order valence-corrected chi connectivity index (χ1v) is 4.25. The average molecular weight is 181 g/mol. The van der Waals surface area contributed by atoms with Crippen LogP contribution in [0.3, 0.4) is 0 Å². The number of carbonyl (C=O) groups is 1. The molecule has 3 heteroatoms. The van der Waals surface area contributed by atoms with Gasteiger partial charge in [0.15, 0.2) is 0 Å². The number of esters is 1. The second-order valence-corrected chi connectivity index (χ2v) is 3.43. The van der Waals surface area contributed by atoms with Gasteiger partial charge in [0.2, 0.25) is 0 Å². The third-order valence-electron chi connectivity index (χ3n) is 1.51. The van der Waals surface area contributed by atoms with Gasteiger partial charge in [-0.1, -0.05) is 19.9 Å². The number of rotatable bonds is 4. The third kappa shape index (κ3) is 5.92. The largest absolute Gasteiger partial charge is 0.466 e. The topological polar surface area (TPSA) is 50.1 Å². The van der Waals surface area contributed by atoms with E-state index in [9.17, 15) is 4.79 Å². The molecule has 0 aliphatic carbocycles. The lowest BCUT2D eigenvalue weighted by atomic mass is 9.89. The first-order valence-electron chi connectivity index (χ1n) is 4.25. The number of ether oxygens (including phenoxy) is 1. The first kappa shape index (κ1) is 11.7. The molecule has 0 fully saturated rings. The van der Waals surface area contributed by atoms with Gasteiger partial charge in [-0.3, -0.25) is 4.79 Å². The summed E-state index contributed by atoms with van der Waals surface area (Å²) >= 11 is 0. The van der Waals surface area contributed by atoms with E-state index in [-0.39, 0.29) is 11.4 Å². The minimum Gasteiger partial charge on any atom is -0.466 e. The number of allylic oxidation sites excluding steroid dienone is 2. The van der Waals surface area contributed by atoms with Crippen LogP contribution in [0.4, 0.5) is 0 Å². The van der Waals surface area contributed by atoms with Crippen LogP contribution >= 0.6 is 0 Å². The van der Waals surface area contributed by atoms with Crippen molar-refractivity contribution < 1.29 is 9.53 Å². The van der Waals surface area contributed by atoms with Crippen molar-refractivity contribution in [1.82, 2.24) is 0 Å². The summed E-state index contributed by atoms with van der Waals surface area (Å²) in [5.74, 6) is -0.227. The first-order chi connectivity index (χ1) is 6.02. The van der Waals surface area contributed by atoms with Crippen molar-refractivity contribution in [3.63, 3.8) is 0 Å². The van der Waals surface area contributed by atoms with Gasteiger partial charge in [-0.25, -0.2) is 0 Å². The Labute approximate surface area is 79.0 Å². The van der Waals surface area contributed by atoms with Crippen LogP contribution in [0.15, 0.2) is 12.2 Å². The van der Waals surface area contributed by atoms with Crippen LogP contribution in [-0.2, 0) is 9.53 Å². The van der Waals surface area contributed by atoms with Crippen LogP contribution in [0, 0.1) is 16.7 Å². The monoisotopic (exact) mass is 181 g/mol. The van der Waals surface area contributed by atoms with Crippen LogP contribution in [-0.4, -0.2) is 12.6 Å². The van der Waals surface area contributed by atoms with Crippen molar-refractivity contribution in [2.45, 2.75) is 27.2 Å². The SMILES string of the molecule is CCOC(=O)CC(C)(C)C=CC#N. The van der Waals surface area contributed by atoms with E-state index < -0.39 is 0 Å². The maximum Gasteiger partial charge on any atom is 0.306 e. The van der Waals surface area contributed by atoms with Crippen molar-refractivity contribution >= 4 is 5.97 Å². The van der Waals surface area contributed by atoms with Crippen LogP contribution in [0.2, 0.25) is 0 Å². The molecule has 0 radical (unpaired) electrons. The molecule has 0 aromatic rings. The zero-order valence-corrected chi connectivity index (χ0v) is 8.33. The summed E-state index contributed by atoms with van der Waals surface area (Å²) in [7, 11) is 0. The molecule has 0 aliphatic heterocycles. The number of nitrogens with zero attached hydrogens (tertiary/aromatic N) is 1. The fraction of sp³-hybridized carbons (Fsp3) is 0.600. The van der Waals surface area contributed by atoms with Crippen molar-refractivity contribution in [3.05, 3.63) is 12.2 Å². The highest BCUT2D eigenvalue weighted by Gasteiger charge is 2.19. The number of carbonyl (C=O) groups excluding carboxylic acids is 1. The van der Waals surface area contributed by atoms with Crippen LogP contribution in [0.25, 0.3) is 0 Å². The van der Waals surface area contributed by atoms with Crippen molar-refractivity contribution in [3.8, 4) is 6.07 Å². The fourth-order valence-corrected chi connectivity index (χ4v) is 0.906. The lowest BCUT2D eigenvalue weighted by molar-refractivity contribution is -0.144. The van der Waals surface area contributed by atoms with E-state index in [4.69, 9.17) is 10.00 Å². The molecule has 0 bridgehead atoms. The number of hydrogen-bond donors (Lipinski definition) is 0. The molecule has 0 N–H and O–H groups in total. The van der Waals surface area contributed by atoms with Gasteiger partial charge in [0, 0.05) is 6.08 Å². The van der Waals surface area contributed by atoms with E-state index in [1.54, 1.807) is 13.0 Å². The Bertz CT molecular complexity index is 236. The minimum atomic E-state index is -0.304. The fourth-order valence-electron chi connectivity index (χ4n) is 0.906. The molecular weight excluding hydrogens is 166 g/mol. The van der Waals surface area contributed by atoms with Gasteiger partial charge >= 0.3 is 5.97 Å². The molecule has 0 heterocycles. The van der Waals surface area contributed by atoms with E-state index in [0.717, 1.165) is 0 Å². The highest BCUT2D eigenvalue weighted by Crippen LogP contribution is 2.22. The van der Waals surface area contributed by atoms with Gasteiger partial charge < -0.3 is 4.74 Å². The summed E-state index contributed by atoms with van der Waals surface area (Å²) in [6, 6.07) is 1.90. The molecule has 13 heavy (non-hydrogen) atoms. The summed E-state index contributed by atoms with van der Waals surface area (Å²) < 4.78 is 4.80.